The van der Waals surface area contributed by atoms with Gasteiger partial charge in [-0.15, -0.1) is 0 Å². The fourth-order valence-corrected chi connectivity index (χ4v) is 2.00. The van der Waals surface area contributed by atoms with E-state index in [1.54, 1.807) is 0 Å². The van der Waals surface area contributed by atoms with Crippen molar-refractivity contribution in [3.05, 3.63) is 35.1 Å². The second kappa shape index (κ2) is 7.78. The Morgan fingerprint density at radius 3 is 2.52 bits per heavy atom. The van der Waals surface area contributed by atoms with Gasteiger partial charge in [-0.25, -0.2) is 0 Å². The van der Waals surface area contributed by atoms with Crippen LogP contribution in [0.15, 0.2) is 24.3 Å². The fraction of sp³-hybridized carbons (Fsp3) is 0.400. The Hall–Kier alpha value is -1.88. The summed E-state index contributed by atoms with van der Waals surface area (Å²) in [7, 11) is 0. The Balaban J connectivity index is 2.07. The zero-order chi connectivity index (χ0) is 15.1. The van der Waals surface area contributed by atoms with Gasteiger partial charge in [0.15, 0.2) is 0 Å². The van der Waals surface area contributed by atoms with Crippen molar-refractivity contribution in [2.45, 2.75) is 33.1 Å². The molecular formula is C15H19ClN4O. The first-order chi connectivity index (χ1) is 10.2. The van der Waals surface area contributed by atoms with E-state index in [2.05, 4.69) is 39.3 Å². The van der Waals surface area contributed by atoms with E-state index in [0.717, 1.165) is 12.1 Å². The third kappa shape index (κ3) is 4.86. The monoisotopic (exact) mass is 306 g/mol. The zero-order valence-electron chi connectivity index (χ0n) is 12.3. The summed E-state index contributed by atoms with van der Waals surface area (Å²) in [5.74, 6) is 0.375. The molecule has 0 aliphatic heterocycles. The molecule has 5 nitrogen and oxygen atoms in total. The van der Waals surface area contributed by atoms with Gasteiger partial charge in [0.2, 0.25) is 11.2 Å². The number of halogens is 1. The molecular weight excluding hydrogens is 288 g/mol. The maximum atomic E-state index is 5.85. The summed E-state index contributed by atoms with van der Waals surface area (Å²) in [5.41, 5.74) is 2.23. The third-order valence-electron chi connectivity index (χ3n) is 2.89. The minimum Gasteiger partial charge on any atom is -0.464 e. The van der Waals surface area contributed by atoms with Crippen LogP contribution < -0.4 is 10.1 Å². The molecule has 0 radical (unpaired) electrons. The molecule has 0 saturated heterocycles. The minimum absolute atomic E-state index is 0.107. The average molecular weight is 307 g/mol. The number of aromatic nitrogens is 3. The van der Waals surface area contributed by atoms with Crippen molar-refractivity contribution in [2.75, 3.05) is 11.9 Å². The molecule has 0 atom stereocenters. The molecule has 6 heteroatoms. The lowest BCUT2D eigenvalue weighted by atomic mass is 10.1. The molecule has 112 valence electrons. The maximum absolute atomic E-state index is 5.85. The Bertz CT molecular complexity index is 574. The molecule has 0 amide bonds. The highest BCUT2D eigenvalue weighted by Gasteiger charge is 2.06. The highest BCUT2D eigenvalue weighted by Crippen LogP contribution is 2.18. The van der Waals surface area contributed by atoms with Crippen LogP contribution in [-0.2, 0) is 6.42 Å². The lowest BCUT2D eigenvalue weighted by Crippen LogP contribution is -2.03. The minimum atomic E-state index is 0.107. The molecule has 1 N–H and O–H groups in total. The van der Waals surface area contributed by atoms with Crippen LogP contribution >= 0.6 is 11.6 Å². The van der Waals surface area contributed by atoms with Gasteiger partial charge in [-0.2, -0.15) is 15.0 Å². The van der Waals surface area contributed by atoms with Crippen LogP contribution in [0.3, 0.4) is 0 Å². The van der Waals surface area contributed by atoms with Crippen LogP contribution in [0, 0.1) is 0 Å². The van der Waals surface area contributed by atoms with E-state index in [-0.39, 0.29) is 11.3 Å². The van der Waals surface area contributed by atoms with Gasteiger partial charge in [0.05, 0.1) is 6.61 Å². The molecule has 0 unspecified atom stereocenters. The van der Waals surface area contributed by atoms with E-state index in [4.69, 9.17) is 16.3 Å². The average Bonchev–Trinajstić information content (AvgIpc) is 2.46. The fourth-order valence-electron chi connectivity index (χ4n) is 1.85. The van der Waals surface area contributed by atoms with Crippen molar-refractivity contribution < 1.29 is 4.74 Å². The number of aryl methyl sites for hydroxylation is 1. The third-order valence-corrected chi connectivity index (χ3v) is 3.06. The number of ether oxygens (including phenoxy) is 1. The molecule has 2 rings (SSSR count). The number of benzene rings is 1. The van der Waals surface area contributed by atoms with Crippen LogP contribution in [-0.4, -0.2) is 21.6 Å². The number of nitrogens with one attached hydrogen (secondary N) is 1. The molecule has 1 aromatic heterocycles. The van der Waals surface area contributed by atoms with Gasteiger partial charge in [-0.1, -0.05) is 25.5 Å². The van der Waals surface area contributed by atoms with Crippen LogP contribution in [0.1, 0.15) is 32.3 Å². The van der Waals surface area contributed by atoms with E-state index >= 15 is 0 Å². The number of hydrogen-bond donors (Lipinski definition) is 1. The molecule has 1 heterocycles. The van der Waals surface area contributed by atoms with E-state index in [0.29, 0.717) is 12.6 Å². The second-order valence-electron chi connectivity index (χ2n) is 4.57. The number of nitrogens with zero attached hydrogens (tertiary/aromatic N) is 3. The lowest BCUT2D eigenvalue weighted by Gasteiger charge is -2.07. The molecule has 0 spiro atoms. The topological polar surface area (TPSA) is 59.9 Å². The van der Waals surface area contributed by atoms with E-state index in [1.807, 2.05) is 19.1 Å². The lowest BCUT2D eigenvalue weighted by molar-refractivity contribution is 0.312. The second-order valence-corrected chi connectivity index (χ2v) is 4.91. The summed E-state index contributed by atoms with van der Waals surface area (Å²) in [6.07, 6.45) is 3.50. The SMILES string of the molecule is CCCCc1ccc(Nc2nc(Cl)nc(OCC)n2)cc1. The summed E-state index contributed by atoms with van der Waals surface area (Å²) in [5, 5.41) is 3.21. The number of hydrogen-bond acceptors (Lipinski definition) is 5. The van der Waals surface area contributed by atoms with Crippen molar-refractivity contribution in [2.24, 2.45) is 0 Å². The van der Waals surface area contributed by atoms with Crippen LogP contribution in [0.2, 0.25) is 5.28 Å². The number of unbranched alkanes of at least 4 members (excludes halogenated alkanes) is 1. The first-order valence-electron chi connectivity index (χ1n) is 7.11. The first kappa shape index (κ1) is 15.5. The van der Waals surface area contributed by atoms with E-state index in [9.17, 15) is 0 Å². The molecule has 1 aromatic carbocycles. The van der Waals surface area contributed by atoms with Gasteiger partial charge in [0.1, 0.15) is 0 Å². The largest absolute Gasteiger partial charge is 0.464 e. The van der Waals surface area contributed by atoms with Gasteiger partial charge in [0, 0.05) is 5.69 Å². The predicted octanol–water partition coefficient (Wildman–Crippen LogP) is 4.01. The number of rotatable bonds is 7. The quantitative estimate of drug-likeness (QED) is 0.837. The maximum Gasteiger partial charge on any atom is 0.322 e. The van der Waals surface area contributed by atoms with Gasteiger partial charge >= 0.3 is 6.01 Å². The standard InChI is InChI=1S/C15H19ClN4O/c1-3-5-6-11-7-9-12(10-8-11)17-14-18-13(16)19-15(20-14)21-4-2/h7-10H,3-6H2,1-2H3,(H,17,18,19,20). The molecule has 0 aliphatic rings. The number of anilines is 2. The Morgan fingerprint density at radius 1 is 1.10 bits per heavy atom. The van der Waals surface area contributed by atoms with Gasteiger partial charge in [-0.3, -0.25) is 0 Å². The molecule has 0 fully saturated rings. The predicted molar refractivity (Wildman–Crippen MR) is 84.3 cm³/mol. The summed E-state index contributed by atoms with van der Waals surface area (Å²) in [4.78, 5) is 12.1. The van der Waals surface area contributed by atoms with Gasteiger partial charge < -0.3 is 10.1 Å². The zero-order valence-corrected chi connectivity index (χ0v) is 13.0. The van der Waals surface area contributed by atoms with Crippen LogP contribution in [0.5, 0.6) is 6.01 Å². The smallest absolute Gasteiger partial charge is 0.322 e. The Morgan fingerprint density at radius 2 is 1.86 bits per heavy atom. The molecule has 2 aromatic rings. The van der Waals surface area contributed by atoms with Crippen LogP contribution in [0.4, 0.5) is 11.6 Å². The Kier molecular flexibility index (Phi) is 5.75. The summed E-state index contributed by atoms with van der Waals surface area (Å²) >= 11 is 5.85. The Labute approximate surface area is 129 Å². The van der Waals surface area contributed by atoms with Gasteiger partial charge in [-0.05, 0) is 49.1 Å². The van der Waals surface area contributed by atoms with Crippen LogP contribution in [0.25, 0.3) is 0 Å². The molecule has 0 bridgehead atoms. The first-order valence-corrected chi connectivity index (χ1v) is 7.49. The van der Waals surface area contributed by atoms with E-state index < -0.39 is 0 Å². The highest BCUT2D eigenvalue weighted by atomic mass is 35.5. The summed E-state index contributed by atoms with van der Waals surface area (Å²) in [6, 6.07) is 8.43. The normalized spacial score (nSPS) is 10.4. The summed E-state index contributed by atoms with van der Waals surface area (Å²) in [6.45, 7) is 4.53. The highest BCUT2D eigenvalue weighted by molar-refractivity contribution is 6.28. The van der Waals surface area contributed by atoms with Gasteiger partial charge in [0.25, 0.3) is 0 Å². The van der Waals surface area contributed by atoms with Crippen molar-refractivity contribution in [1.29, 1.82) is 0 Å². The van der Waals surface area contributed by atoms with E-state index in [1.165, 1.54) is 18.4 Å². The van der Waals surface area contributed by atoms with Crippen molar-refractivity contribution in [1.82, 2.24) is 15.0 Å². The summed E-state index contributed by atoms with van der Waals surface area (Å²) < 4.78 is 5.24. The molecule has 0 saturated carbocycles. The van der Waals surface area contributed by atoms with Crippen molar-refractivity contribution in [3.8, 4) is 6.01 Å². The molecule has 0 aliphatic carbocycles. The molecule has 21 heavy (non-hydrogen) atoms. The van der Waals surface area contributed by atoms with Crippen molar-refractivity contribution in [3.63, 3.8) is 0 Å². The van der Waals surface area contributed by atoms with Crippen molar-refractivity contribution >= 4 is 23.2 Å².